The first-order valence-electron chi connectivity index (χ1n) is 11.2. The molecule has 0 unspecified atom stereocenters. The van der Waals surface area contributed by atoms with Crippen LogP contribution in [-0.2, 0) is 6.42 Å². The lowest BCUT2D eigenvalue weighted by Gasteiger charge is -2.11. The minimum atomic E-state index is 0.260. The van der Waals surface area contributed by atoms with E-state index < -0.39 is 0 Å². The van der Waals surface area contributed by atoms with Gasteiger partial charge in [-0.15, -0.1) is 11.3 Å². The normalized spacial score (nSPS) is 11.8. The lowest BCUT2D eigenvalue weighted by atomic mass is 10.1. The maximum absolute atomic E-state index is 4.96. The smallest absolute Gasteiger partial charge is 0.166 e. The van der Waals surface area contributed by atoms with Crippen LogP contribution in [0, 0.1) is 0 Å². The van der Waals surface area contributed by atoms with Crippen LogP contribution >= 0.6 is 11.3 Å². The molecule has 0 bridgehead atoms. The van der Waals surface area contributed by atoms with E-state index in [0.717, 1.165) is 41.3 Å². The minimum Gasteiger partial charge on any atom is -0.368 e. The molecule has 6 nitrogen and oxygen atoms in total. The third kappa shape index (κ3) is 3.45. The van der Waals surface area contributed by atoms with Crippen LogP contribution in [0.1, 0.15) is 25.5 Å². The molecule has 2 aromatic carbocycles. The monoisotopic (exact) mass is 452 g/mol. The average molecular weight is 453 g/mol. The Labute approximate surface area is 195 Å². The number of H-pyrrole nitrogens is 1. The first-order chi connectivity index (χ1) is 16.2. The molecule has 164 valence electrons. The van der Waals surface area contributed by atoms with Gasteiger partial charge in [-0.3, -0.25) is 0 Å². The van der Waals surface area contributed by atoms with E-state index in [0.29, 0.717) is 0 Å². The first-order valence-corrected chi connectivity index (χ1v) is 12.1. The number of aromatic amines is 1. The second-order valence-electron chi connectivity index (χ2n) is 8.50. The highest BCUT2D eigenvalue weighted by Crippen LogP contribution is 2.34. The Morgan fingerprint density at radius 2 is 1.85 bits per heavy atom. The summed E-state index contributed by atoms with van der Waals surface area (Å²) in [6.45, 7) is 5.05. The summed E-state index contributed by atoms with van der Waals surface area (Å²) >= 11 is 1.72. The fraction of sp³-hybridized carbons (Fsp3) is 0.192. The molecule has 0 aliphatic carbocycles. The van der Waals surface area contributed by atoms with Crippen molar-refractivity contribution in [1.82, 2.24) is 24.5 Å². The molecule has 0 radical (unpaired) electrons. The van der Waals surface area contributed by atoms with Crippen molar-refractivity contribution in [3.63, 3.8) is 0 Å². The van der Waals surface area contributed by atoms with Crippen molar-refractivity contribution in [2.24, 2.45) is 0 Å². The zero-order valence-electron chi connectivity index (χ0n) is 18.5. The highest BCUT2D eigenvalue weighted by atomic mass is 32.1. The Bertz CT molecular complexity index is 1590. The standard InChI is InChI=1S/C26H24N6S/c1-16(2)32-15-29-23-25(27-12-11-17-13-28-21-9-5-3-7-18(17)21)30-24(31-26(23)32)20-14-33-22-10-6-4-8-19(20)22/h3-10,13-16,28H,11-12H2,1-2H3,(H,27,30,31). The number of nitrogens with zero attached hydrogens (tertiary/aromatic N) is 4. The summed E-state index contributed by atoms with van der Waals surface area (Å²) in [6, 6.07) is 17.1. The summed E-state index contributed by atoms with van der Waals surface area (Å²) in [5, 5.41) is 8.15. The third-order valence-corrected chi connectivity index (χ3v) is 7.02. The second-order valence-corrected chi connectivity index (χ2v) is 9.41. The molecule has 7 heteroatoms. The highest BCUT2D eigenvalue weighted by Gasteiger charge is 2.17. The number of fused-ring (bicyclic) bond motifs is 3. The number of aromatic nitrogens is 5. The summed E-state index contributed by atoms with van der Waals surface area (Å²) in [6.07, 6.45) is 4.85. The van der Waals surface area contributed by atoms with Crippen molar-refractivity contribution in [3.8, 4) is 11.4 Å². The molecular weight excluding hydrogens is 428 g/mol. The molecule has 0 spiro atoms. The van der Waals surface area contributed by atoms with E-state index in [-0.39, 0.29) is 6.04 Å². The molecular formula is C26H24N6S. The first kappa shape index (κ1) is 19.9. The number of nitrogens with one attached hydrogen (secondary N) is 2. The van der Waals surface area contributed by atoms with Crippen LogP contribution in [0.25, 0.3) is 43.5 Å². The summed E-state index contributed by atoms with van der Waals surface area (Å²) in [5.74, 6) is 1.52. The number of thiophene rings is 1. The topological polar surface area (TPSA) is 71.4 Å². The number of para-hydroxylation sites is 1. The molecule has 4 aromatic heterocycles. The molecule has 0 amide bonds. The number of hydrogen-bond donors (Lipinski definition) is 2. The van der Waals surface area contributed by atoms with Crippen molar-refractivity contribution in [2.45, 2.75) is 26.3 Å². The molecule has 2 N–H and O–H groups in total. The Hall–Kier alpha value is -3.71. The number of anilines is 1. The van der Waals surface area contributed by atoms with Crippen molar-refractivity contribution in [3.05, 3.63) is 72.0 Å². The van der Waals surface area contributed by atoms with Crippen LogP contribution in [0.4, 0.5) is 5.82 Å². The molecule has 0 saturated heterocycles. The molecule has 0 atom stereocenters. The molecule has 33 heavy (non-hydrogen) atoms. The van der Waals surface area contributed by atoms with E-state index in [1.54, 1.807) is 11.3 Å². The van der Waals surface area contributed by atoms with Gasteiger partial charge in [-0.2, -0.15) is 0 Å². The van der Waals surface area contributed by atoms with Gasteiger partial charge in [0.15, 0.2) is 17.3 Å². The van der Waals surface area contributed by atoms with Crippen LogP contribution in [-0.4, -0.2) is 31.0 Å². The zero-order chi connectivity index (χ0) is 22.4. The van der Waals surface area contributed by atoms with Gasteiger partial charge in [0.1, 0.15) is 5.52 Å². The number of imidazole rings is 1. The summed E-state index contributed by atoms with van der Waals surface area (Å²) in [5.41, 5.74) is 5.19. The number of hydrogen-bond acceptors (Lipinski definition) is 5. The van der Waals surface area contributed by atoms with Crippen molar-refractivity contribution >= 4 is 49.3 Å². The van der Waals surface area contributed by atoms with Gasteiger partial charge in [-0.1, -0.05) is 36.4 Å². The van der Waals surface area contributed by atoms with E-state index in [9.17, 15) is 0 Å². The van der Waals surface area contributed by atoms with Crippen molar-refractivity contribution in [1.29, 1.82) is 0 Å². The molecule has 0 saturated carbocycles. The maximum atomic E-state index is 4.96. The SMILES string of the molecule is CC(C)n1cnc2c(NCCc3c[nH]c4ccccc34)nc(-c3csc4ccccc34)nc21. The van der Waals surface area contributed by atoms with Gasteiger partial charge < -0.3 is 14.9 Å². The molecule has 0 aliphatic heterocycles. The number of rotatable bonds is 6. The molecule has 6 rings (SSSR count). The van der Waals surface area contributed by atoms with Crippen LogP contribution in [0.5, 0.6) is 0 Å². The second kappa shape index (κ2) is 8.01. The third-order valence-electron chi connectivity index (χ3n) is 6.06. The highest BCUT2D eigenvalue weighted by molar-refractivity contribution is 7.17. The Balaban J connectivity index is 1.38. The zero-order valence-corrected chi connectivity index (χ0v) is 19.4. The van der Waals surface area contributed by atoms with Gasteiger partial charge in [0.2, 0.25) is 0 Å². The largest absolute Gasteiger partial charge is 0.368 e. The van der Waals surface area contributed by atoms with Crippen LogP contribution < -0.4 is 5.32 Å². The van der Waals surface area contributed by atoms with E-state index in [1.165, 1.54) is 26.6 Å². The van der Waals surface area contributed by atoms with Crippen molar-refractivity contribution < 1.29 is 0 Å². The Kier molecular flexibility index (Phi) is 4.84. The fourth-order valence-corrected chi connectivity index (χ4v) is 5.28. The van der Waals surface area contributed by atoms with Gasteiger partial charge in [0.05, 0.1) is 6.33 Å². The van der Waals surface area contributed by atoms with E-state index in [4.69, 9.17) is 9.97 Å². The molecule has 0 aliphatic rings. The minimum absolute atomic E-state index is 0.260. The summed E-state index contributed by atoms with van der Waals surface area (Å²) < 4.78 is 3.35. The summed E-state index contributed by atoms with van der Waals surface area (Å²) in [4.78, 5) is 17.9. The number of benzene rings is 2. The van der Waals surface area contributed by atoms with Gasteiger partial charge in [0, 0.05) is 50.7 Å². The van der Waals surface area contributed by atoms with Crippen LogP contribution in [0.15, 0.2) is 66.4 Å². The maximum Gasteiger partial charge on any atom is 0.166 e. The van der Waals surface area contributed by atoms with Crippen LogP contribution in [0.3, 0.4) is 0 Å². The van der Waals surface area contributed by atoms with Gasteiger partial charge >= 0.3 is 0 Å². The summed E-state index contributed by atoms with van der Waals surface area (Å²) in [7, 11) is 0. The van der Waals surface area contributed by atoms with Gasteiger partial charge in [-0.05, 0) is 38.0 Å². The molecule has 0 fully saturated rings. The van der Waals surface area contributed by atoms with E-state index in [1.807, 2.05) is 6.33 Å². The van der Waals surface area contributed by atoms with Gasteiger partial charge in [0.25, 0.3) is 0 Å². The van der Waals surface area contributed by atoms with Crippen LogP contribution in [0.2, 0.25) is 0 Å². The quantitative estimate of drug-likeness (QED) is 0.306. The molecule has 4 heterocycles. The van der Waals surface area contributed by atoms with E-state index >= 15 is 0 Å². The molecule has 6 aromatic rings. The van der Waals surface area contributed by atoms with E-state index in [2.05, 4.69) is 93.8 Å². The van der Waals surface area contributed by atoms with Crippen molar-refractivity contribution in [2.75, 3.05) is 11.9 Å². The Morgan fingerprint density at radius 3 is 2.73 bits per heavy atom. The van der Waals surface area contributed by atoms with Gasteiger partial charge in [-0.25, -0.2) is 15.0 Å². The lowest BCUT2D eigenvalue weighted by molar-refractivity contribution is 0.613. The fourth-order valence-electron chi connectivity index (χ4n) is 4.34. The predicted molar refractivity (Wildman–Crippen MR) is 137 cm³/mol. The Morgan fingerprint density at radius 1 is 1.03 bits per heavy atom. The predicted octanol–water partition coefficient (Wildman–Crippen LogP) is 6.42. The lowest BCUT2D eigenvalue weighted by Crippen LogP contribution is -2.09. The average Bonchev–Trinajstić information content (AvgIpc) is 3.55.